The normalized spacial score (nSPS) is 17.3. The number of anilines is 1. The van der Waals surface area contributed by atoms with Crippen molar-refractivity contribution in [1.82, 2.24) is 4.98 Å². The van der Waals surface area contributed by atoms with Gasteiger partial charge in [0.2, 0.25) is 5.91 Å². The Kier molecular flexibility index (Phi) is 6.76. The Labute approximate surface area is 174 Å². The zero-order valence-corrected chi connectivity index (χ0v) is 17.9. The Morgan fingerprint density at radius 2 is 1.55 bits per heavy atom. The second-order valence-corrected chi connectivity index (χ2v) is 7.66. The van der Waals surface area contributed by atoms with Gasteiger partial charge < -0.3 is 14.6 Å². The first-order valence-corrected chi connectivity index (χ1v) is 10.7. The van der Waals surface area contributed by atoms with Gasteiger partial charge in [0.15, 0.2) is 0 Å². The van der Waals surface area contributed by atoms with Gasteiger partial charge in [-0.05, 0) is 48.8 Å². The van der Waals surface area contributed by atoms with Gasteiger partial charge in [-0.2, -0.15) is 0 Å². The number of carbonyl (C=O) groups is 1. The van der Waals surface area contributed by atoms with E-state index in [1.807, 2.05) is 42.5 Å². The molecule has 2 heterocycles. The van der Waals surface area contributed by atoms with Gasteiger partial charge in [-0.3, -0.25) is 4.79 Å². The fourth-order valence-corrected chi connectivity index (χ4v) is 4.54. The van der Waals surface area contributed by atoms with Crippen LogP contribution in [0.25, 0.3) is 0 Å². The molecule has 0 radical (unpaired) electrons. The number of hydrogen-bond acceptors (Lipinski definition) is 4. The minimum absolute atomic E-state index is 0.0953. The van der Waals surface area contributed by atoms with Gasteiger partial charge in [0.1, 0.15) is 5.82 Å². The van der Waals surface area contributed by atoms with E-state index in [1.54, 1.807) is 6.20 Å². The van der Waals surface area contributed by atoms with Crippen LogP contribution in [0.15, 0.2) is 48.7 Å². The maximum atomic E-state index is 12.4. The summed E-state index contributed by atoms with van der Waals surface area (Å²) in [4.78, 5) is 16.7. The molecule has 0 atom stereocenters. The number of aromatic nitrogens is 1. The summed E-state index contributed by atoms with van der Waals surface area (Å²) in [7, 11) is -0.456. The van der Waals surface area contributed by atoms with E-state index in [0.717, 1.165) is 36.7 Å². The lowest BCUT2D eigenvalue weighted by Crippen LogP contribution is -2.50. The molecule has 0 aliphatic carbocycles. The van der Waals surface area contributed by atoms with Crippen molar-refractivity contribution in [3.05, 3.63) is 54.2 Å². The highest BCUT2D eigenvalue weighted by Gasteiger charge is 2.58. The van der Waals surface area contributed by atoms with Crippen molar-refractivity contribution in [2.24, 2.45) is 0 Å². The van der Waals surface area contributed by atoms with Crippen molar-refractivity contribution < 1.29 is 14.1 Å². The standard InChI is InChI=1S/C23H31BN2O3/c1-5-22(6-2)23(7-3,8-4)29-24(28-22)19-14-15-25-20(17-19)26-21(27)16-18-12-10-9-11-13-18/h9-15,17H,5-8,16H2,1-4H3,(H,25,26,27). The third-order valence-corrected chi connectivity index (χ3v) is 6.31. The van der Waals surface area contributed by atoms with E-state index < -0.39 is 7.12 Å². The molecule has 1 saturated heterocycles. The molecule has 0 spiro atoms. The van der Waals surface area contributed by atoms with Crippen molar-refractivity contribution in [3.63, 3.8) is 0 Å². The van der Waals surface area contributed by atoms with Crippen LogP contribution in [0.4, 0.5) is 5.82 Å². The lowest BCUT2D eigenvalue weighted by Gasteiger charge is -2.42. The molecular formula is C23H31BN2O3. The largest absolute Gasteiger partial charge is 0.495 e. The average molecular weight is 394 g/mol. The number of nitrogens with zero attached hydrogens (tertiary/aromatic N) is 1. The average Bonchev–Trinajstić information content (AvgIpc) is 3.10. The lowest BCUT2D eigenvalue weighted by molar-refractivity contribution is -0.115. The molecule has 6 heteroatoms. The fourth-order valence-electron chi connectivity index (χ4n) is 4.54. The molecule has 154 valence electrons. The molecule has 3 rings (SSSR count). The molecular weight excluding hydrogens is 363 g/mol. The summed E-state index contributed by atoms with van der Waals surface area (Å²) in [5.74, 6) is 0.418. The van der Waals surface area contributed by atoms with Crippen LogP contribution in [0.5, 0.6) is 0 Å². The molecule has 1 aromatic heterocycles. The summed E-state index contributed by atoms with van der Waals surface area (Å²) >= 11 is 0. The second kappa shape index (κ2) is 9.10. The van der Waals surface area contributed by atoms with Gasteiger partial charge in [-0.15, -0.1) is 0 Å². The molecule has 1 aromatic carbocycles. The number of amides is 1. The van der Waals surface area contributed by atoms with Crippen LogP contribution in [0.3, 0.4) is 0 Å². The number of nitrogens with one attached hydrogen (secondary N) is 1. The zero-order chi connectivity index (χ0) is 20.9. The number of rotatable bonds is 8. The summed E-state index contributed by atoms with van der Waals surface area (Å²) < 4.78 is 13.0. The predicted octanol–water partition coefficient (Wildman–Crippen LogP) is 4.12. The maximum absolute atomic E-state index is 12.4. The SMILES string of the molecule is CCC1(CC)OB(c2ccnc(NC(=O)Cc3ccccc3)c2)OC1(CC)CC. The first-order chi connectivity index (χ1) is 14.0. The van der Waals surface area contributed by atoms with Crippen LogP contribution < -0.4 is 10.8 Å². The highest BCUT2D eigenvalue weighted by molar-refractivity contribution is 6.62. The Bertz CT molecular complexity index is 800. The highest BCUT2D eigenvalue weighted by Crippen LogP contribution is 2.46. The Morgan fingerprint density at radius 1 is 0.966 bits per heavy atom. The quantitative estimate of drug-likeness (QED) is 0.685. The summed E-state index contributed by atoms with van der Waals surface area (Å²) in [6, 6.07) is 13.4. The molecule has 1 N–H and O–H groups in total. The summed E-state index contributed by atoms with van der Waals surface area (Å²) in [5.41, 5.74) is 1.24. The van der Waals surface area contributed by atoms with Crippen LogP contribution in [0.1, 0.15) is 58.9 Å². The van der Waals surface area contributed by atoms with E-state index in [4.69, 9.17) is 9.31 Å². The van der Waals surface area contributed by atoms with Gasteiger partial charge in [0.05, 0.1) is 17.6 Å². The summed E-state index contributed by atoms with van der Waals surface area (Å²) in [6.07, 6.45) is 5.59. The second-order valence-electron chi connectivity index (χ2n) is 7.66. The van der Waals surface area contributed by atoms with E-state index in [1.165, 1.54) is 0 Å². The number of pyridine rings is 1. The van der Waals surface area contributed by atoms with E-state index in [0.29, 0.717) is 12.2 Å². The minimum Gasteiger partial charge on any atom is -0.399 e. The molecule has 1 aliphatic rings. The maximum Gasteiger partial charge on any atom is 0.495 e. The van der Waals surface area contributed by atoms with Crippen LogP contribution in [0.2, 0.25) is 0 Å². The number of carbonyl (C=O) groups excluding carboxylic acids is 1. The molecule has 0 bridgehead atoms. The van der Waals surface area contributed by atoms with Gasteiger partial charge in [0.25, 0.3) is 0 Å². The molecule has 1 fully saturated rings. The molecule has 0 unspecified atom stereocenters. The van der Waals surface area contributed by atoms with Gasteiger partial charge in [-0.1, -0.05) is 58.0 Å². The van der Waals surface area contributed by atoms with Crippen LogP contribution in [-0.2, 0) is 20.5 Å². The van der Waals surface area contributed by atoms with Gasteiger partial charge in [0, 0.05) is 6.20 Å². The molecule has 0 saturated carbocycles. The third kappa shape index (κ3) is 4.24. The van der Waals surface area contributed by atoms with Crippen molar-refractivity contribution in [3.8, 4) is 0 Å². The van der Waals surface area contributed by atoms with Crippen LogP contribution in [0, 0.1) is 0 Å². The summed E-state index contributed by atoms with van der Waals surface area (Å²) in [5, 5.41) is 2.89. The van der Waals surface area contributed by atoms with E-state index in [2.05, 4.69) is 38.0 Å². The molecule has 2 aromatic rings. The van der Waals surface area contributed by atoms with Gasteiger partial charge >= 0.3 is 7.12 Å². The summed E-state index contributed by atoms with van der Waals surface area (Å²) in [6.45, 7) is 8.66. The Balaban J connectivity index is 1.76. The molecule has 29 heavy (non-hydrogen) atoms. The molecule has 1 aliphatic heterocycles. The van der Waals surface area contributed by atoms with E-state index >= 15 is 0 Å². The van der Waals surface area contributed by atoms with Gasteiger partial charge in [-0.25, -0.2) is 4.98 Å². The highest BCUT2D eigenvalue weighted by atomic mass is 16.7. The first-order valence-electron chi connectivity index (χ1n) is 10.7. The van der Waals surface area contributed by atoms with Crippen LogP contribution in [-0.4, -0.2) is 29.2 Å². The van der Waals surface area contributed by atoms with Crippen molar-refractivity contribution in [1.29, 1.82) is 0 Å². The fraction of sp³-hybridized carbons (Fsp3) is 0.478. The monoisotopic (exact) mass is 394 g/mol. The minimum atomic E-state index is -0.456. The van der Waals surface area contributed by atoms with Crippen molar-refractivity contribution in [2.45, 2.75) is 71.0 Å². The van der Waals surface area contributed by atoms with Crippen molar-refractivity contribution in [2.75, 3.05) is 5.32 Å². The number of benzene rings is 1. The Morgan fingerprint density at radius 3 is 2.10 bits per heavy atom. The van der Waals surface area contributed by atoms with E-state index in [-0.39, 0.29) is 17.1 Å². The lowest BCUT2D eigenvalue weighted by atomic mass is 9.75. The smallest absolute Gasteiger partial charge is 0.399 e. The molecule has 1 amide bonds. The molecule has 5 nitrogen and oxygen atoms in total. The predicted molar refractivity (Wildman–Crippen MR) is 117 cm³/mol. The third-order valence-electron chi connectivity index (χ3n) is 6.31. The topological polar surface area (TPSA) is 60.5 Å². The van der Waals surface area contributed by atoms with Crippen molar-refractivity contribution >= 4 is 24.3 Å². The van der Waals surface area contributed by atoms with Crippen LogP contribution >= 0.6 is 0 Å². The first kappa shape index (κ1) is 21.5. The Hall–Kier alpha value is -2.18. The van der Waals surface area contributed by atoms with E-state index in [9.17, 15) is 4.79 Å². The zero-order valence-electron chi connectivity index (χ0n) is 17.9. The number of hydrogen-bond donors (Lipinski definition) is 1.